The molecule has 0 aliphatic heterocycles. The zero-order valence-electron chi connectivity index (χ0n) is 12.6. The number of ether oxygens (including phenoxy) is 1. The first-order valence-corrected chi connectivity index (χ1v) is 7.22. The lowest BCUT2D eigenvalue weighted by molar-refractivity contribution is 0.0808. The molecule has 0 bridgehead atoms. The minimum absolute atomic E-state index is 0.218. The van der Waals surface area contributed by atoms with Crippen LogP contribution in [0.25, 0.3) is 11.0 Å². The predicted molar refractivity (Wildman–Crippen MR) is 84.7 cm³/mol. The van der Waals surface area contributed by atoms with Crippen molar-refractivity contribution in [1.82, 2.24) is 5.32 Å². The monoisotopic (exact) mass is 313 g/mol. The highest BCUT2D eigenvalue weighted by Gasteiger charge is 2.16. The van der Waals surface area contributed by atoms with Gasteiger partial charge in [-0.25, -0.2) is 4.39 Å². The van der Waals surface area contributed by atoms with Gasteiger partial charge in [-0.15, -0.1) is 0 Å². The van der Waals surface area contributed by atoms with Crippen LogP contribution in [0.15, 0.2) is 59.0 Å². The molecule has 3 rings (SSSR count). The van der Waals surface area contributed by atoms with Crippen molar-refractivity contribution in [2.45, 2.75) is 6.10 Å². The zero-order valence-corrected chi connectivity index (χ0v) is 12.6. The van der Waals surface area contributed by atoms with Crippen molar-refractivity contribution in [3.05, 3.63) is 71.7 Å². The van der Waals surface area contributed by atoms with E-state index in [4.69, 9.17) is 9.15 Å². The van der Waals surface area contributed by atoms with Gasteiger partial charge in [-0.2, -0.15) is 0 Å². The number of amides is 1. The molecule has 1 heterocycles. The topological polar surface area (TPSA) is 51.5 Å². The summed E-state index contributed by atoms with van der Waals surface area (Å²) in [6, 6.07) is 15.2. The van der Waals surface area contributed by atoms with E-state index >= 15 is 0 Å². The van der Waals surface area contributed by atoms with E-state index in [1.165, 1.54) is 19.2 Å². The molecule has 0 aliphatic rings. The van der Waals surface area contributed by atoms with Gasteiger partial charge in [-0.3, -0.25) is 4.79 Å². The van der Waals surface area contributed by atoms with Gasteiger partial charge in [0.15, 0.2) is 5.76 Å². The highest BCUT2D eigenvalue weighted by atomic mass is 19.1. The van der Waals surface area contributed by atoms with Crippen molar-refractivity contribution in [3.63, 3.8) is 0 Å². The number of hydrogen-bond acceptors (Lipinski definition) is 3. The Labute approximate surface area is 132 Å². The van der Waals surface area contributed by atoms with E-state index in [0.29, 0.717) is 11.1 Å². The van der Waals surface area contributed by atoms with E-state index in [1.807, 2.05) is 18.2 Å². The molecule has 0 spiro atoms. The number of halogens is 1. The van der Waals surface area contributed by atoms with Crippen LogP contribution in [-0.2, 0) is 4.74 Å². The normalized spacial score (nSPS) is 12.3. The molecule has 0 radical (unpaired) electrons. The molecule has 0 aliphatic carbocycles. The van der Waals surface area contributed by atoms with Gasteiger partial charge in [0, 0.05) is 19.0 Å². The molecule has 1 atom stereocenters. The van der Waals surface area contributed by atoms with E-state index < -0.39 is 6.10 Å². The third kappa shape index (κ3) is 3.40. The molecule has 1 amide bonds. The van der Waals surface area contributed by atoms with Gasteiger partial charge in [0.1, 0.15) is 11.4 Å². The van der Waals surface area contributed by atoms with Crippen molar-refractivity contribution < 1.29 is 18.3 Å². The summed E-state index contributed by atoms with van der Waals surface area (Å²) >= 11 is 0. The summed E-state index contributed by atoms with van der Waals surface area (Å²) in [5.74, 6) is -0.437. The lowest BCUT2D eigenvalue weighted by atomic mass is 10.1. The second-order valence-corrected chi connectivity index (χ2v) is 5.14. The van der Waals surface area contributed by atoms with Crippen LogP contribution in [0, 0.1) is 5.82 Å². The fraction of sp³-hybridized carbons (Fsp3) is 0.167. The maximum absolute atomic E-state index is 13.3. The SMILES string of the molecule is CO[C@@H](CNC(=O)c1cc2ccccc2o1)c1cccc(F)c1. The first kappa shape index (κ1) is 15.2. The Hall–Kier alpha value is -2.66. The quantitative estimate of drug-likeness (QED) is 0.781. The molecule has 0 unspecified atom stereocenters. The second-order valence-electron chi connectivity index (χ2n) is 5.14. The number of fused-ring (bicyclic) bond motifs is 1. The standard InChI is InChI=1S/C18H16FNO3/c1-22-17(12-6-4-7-14(19)9-12)11-20-18(21)16-10-13-5-2-3-8-15(13)23-16/h2-10,17H,11H2,1H3,(H,20,21)/t17-/m0/s1. The van der Waals surface area contributed by atoms with Gasteiger partial charge in [-0.05, 0) is 29.8 Å². The van der Waals surface area contributed by atoms with Crippen LogP contribution in [0.3, 0.4) is 0 Å². The zero-order chi connectivity index (χ0) is 16.2. The third-order valence-corrected chi connectivity index (χ3v) is 3.60. The summed E-state index contributed by atoms with van der Waals surface area (Å²) in [6.45, 7) is 0.218. The Morgan fingerprint density at radius 1 is 1.22 bits per heavy atom. The van der Waals surface area contributed by atoms with Gasteiger partial charge in [0.2, 0.25) is 0 Å². The number of rotatable bonds is 5. The fourth-order valence-electron chi connectivity index (χ4n) is 2.41. The van der Waals surface area contributed by atoms with Crippen LogP contribution in [0.2, 0.25) is 0 Å². The van der Waals surface area contributed by atoms with E-state index in [9.17, 15) is 9.18 Å². The molecule has 2 aromatic carbocycles. The van der Waals surface area contributed by atoms with Crippen molar-refractivity contribution >= 4 is 16.9 Å². The van der Waals surface area contributed by atoms with Crippen molar-refractivity contribution in [1.29, 1.82) is 0 Å². The number of furan rings is 1. The van der Waals surface area contributed by atoms with Crippen molar-refractivity contribution in [3.8, 4) is 0 Å². The molecule has 4 nitrogen and oxygen atoms in total. The Kier molecular flexibility index (Phi) is 4.39. The molecule has 23 heavy (non-hydrogen) atoms. The van der Waals surface area contributed by atoms with Gasteiger partial charge >= 0.3 is 0 Å². The van der Waals surface area contributed by atoms with Crippen LogP contribution in [0.1, 0.15) is 22.2 Å². The molecular weight excluding hydrogens is 297 g/mol. The van der Waals surface area contributed by atoms with E-state index in [1.54, 1.807) is 24.3 Å². The molecule has 118 valence electrons. The maximum Gasteiger partial charge on any atom is 0.287 e. The van der Waals surface area contributed by atoms with E-state index in [0.717, 1.165) is 5.39 Å². The number of carbonyl (C=O) groups is 1. The van der Waals surface area contributed by atoms with Gasteiger partial charge in [0.25, 0.3) is 5.91 Å². The van der Waals surface area contributed by atoms with Crippen molar-refractivity contribution in [2.24, 2.45) is 0 Å². The van der Waals surface area contributed by atoms with Gasteiger partial charge < -0.3 is 14.5 Å². The number of nitrogens with one attached hydrogen (secondary N) is 1. The van der Waals surface area contributed by atoms with Gasteiger partial charge in [0.05, 0.1) is 6.10 Å². The molecular formula is C18H16FNO3. The van der Waals surface area contributed by atoms with Crippen LogP contribution < -0.4 is 5.32 Å². The molecule has 0 saturated heterocycles. The lowest BCUT2D eigenvalue weighted by Crippen LogP contribution is -2.28. The first-order valence-electron chi connectivity index (χ1n) is 7.22. The minimum atomic E-state index is -0.431. The summed E-state index contributed by atoms with van der Waals surface area (Å²) in [7, 11) is 1.52. The number of para-hydroxylation sites is 1. The highest BCUT2D eigenvalue weighted by Crippen LogP contribution is 2.20. The molecule has 1 aromatic heterocycles. The Morgan fingerprint density at radius 3 is 2.78 bits per heavy atom. The van der Waals surface area contributed by atoms with Crippen LogP contribution >= 0.6 is 0 Å². The number of carbonyl (C=O) groups excluding carboxylic acids is 1. The minimum Gasteiger partial charge on any atom is -0.451 e. The van der Waals surface area contributed by atoms with Gasteiger partial charge in [-0.1, -0.05) is 30.3 Å². The molecule has 0 saturated carbocycles. The van der Waals surface area contributed by atoms with Crippen molar-refractivity contribution in [2.75, 3.05) is 13.7 Å². The summed E-state index contributed by atoms with van der Waals surface area (Å²) in [5.41, 5.74) is 1.32. The largest absolute Gasteiger partial charge is 0.451 e. The Balaban J connectivity index is 1.69. The third-order valence-electron chi connectivity index (χ3n) is 3.60. The molecule has 5 heteroatoms. The Morgan fingerprint density at radius 2 is 2.04 bits per heavy atom. The lowest BCUT2D eigenvalue weighted by Gasteiger charge is -2.16. The average Bonchev–Trinajstić information content (AvgIpc) is 2.99. The molecule has 0 fully saturated rings. The summed E-state index contributed by atoms with van der Waals surface area (Å²) in [4.78, 5) is 12.2. The fourth-order valence-corrected chi connectivity index (χ4v) is 2.41. The maximum atomic E-state index is 13.3. The highest BCUT2D eigenvalue weighted by molar-refractivity contribution is 5.96. The average molecular weight is 313 g/mol. The number of hydrogen-bond donors (Lipinski definition) is 1. The summed E-state index contributed by atoms with van der Waals surface area (Å²) in [6.07, 6.45) is -0.431. The van der Waals surface area contributed by atoms with Crippen LogP contribution in [0.4, 0.5) is 4.39 Å². The number of benzene rings is 2. The summed E-state index contributed by atoms with van der Waals surface area (Å²) in [5, 5.41) is 3.62. The molecule has 3 aromatic rings. The van der Waals surface area contributed by atoms with E-state index in [2.05, 4.69) is 5.32 Å². The predicted octanol–water partition coefficient (Wildman–Crippen LogP) is 3.69. The van der Waals surface area contributed by atoms with Crippen LogP contribution in [-0.4, -0.2) is 19.6 Å². The first-order chi connectivity index (χ1) is 11.2. The smallest absolute Gasteiger partial charge is 0.287 e. The van der Waals surface area contributed by atoms with E-state index in [-0.39, 0.29) is 24.0 Å². The number of methoxy groups -OCH3 is 1. The second kappa shape index (κ2) is 6.62. The van der Waals surface area contributed by atoms with Crippen LogP contribution in [0.5, 0.6) is 0 Å². The summed E-state index contributed by atoms with van der Waals surface area (Å²) < 4.78 is 24.1. The molecule has 1 N–H and O–H groups in total. The Bertz CT molecular complexity index is 795.